The van der Waals surface area contributed by atoms with Crippen LogP contribution >= 0.6 is 0 Å². The molecular weight excluding hydrogens is 344 g/mol. The van der Waals surface area contributed by atoms with Crippen LogP contribution in [0.5, 0.6) is 0 Å². The highest BCUT2D eigenvalue weighted by Gasteiger charge is 2.40. The van der Waals surface area contributed by atoms with E-state index in [1.807, 2.05) is 0 Å². The van der Waals surface area contributed by atoms with Crippen LogP contribution in [0.4, 0.5) is 26.3 Å². The number of rotatable bonds is 6. The number of hydrogen-bond acceptors (Lipinski definition) is 3. The fourth-order valence-corrected chi connectivity index (χ4v) is 1.90. The molecule has 0 radical (unpaired) electrons. The fraction of sp³-hybridized carbons (Fsp3) is 0.692. The van der Waals surface area contributed by atoms with Crippen molar-refractivity contribution in [3.8, 4) is 0 Å². The number of nitrogens with zero attached hydrogens (tertiary/aromatic N) is 2. The lowest BCUT2D eigenvalue weighted by Crippen LogP contribution is -2.37. The zero-order chi connectivity index (χ0) is 18.7. The number of halogens is 6. The third kappa shape index (κ3) is 5.69. The molecule has 0 saturated heterocycles. The molecule has 1 aromatic heterocycles. The highest BCUT2D eigenvalue weighted by molar-refractivity contribution is 5.95. The lowest BCUT2D eigenvalue weighted by Gasteiger charge is -2.17. The monoisotopic (exact) mass is 361 g/mol. The Morgan fingerprint density at radius 2 is 1.83 bits per heavy atom. The summed E-state index contributed by atoms with van der Waals surface area (Å²) in [5.41, 5.74) is -1.91. The first-order valence-electron chi connectivity index (χ1n) is 6.93. The fourth-order valence-electron chi connectivity index (χ4n) is 1.90. The Labute approximate surface area is 134 Å². The molecule has 1 rings (SSSR count). The number of aromatic nitrogens is 2. The predicted octanol–water partition coefficient (Wildman–Crippen LogP) is 3.18. The number of alkyl halides is 6. The Hall–Kier alpha value is -1.78. The van der Waals surface area contributed by atoms with Crippen LogP contribution in [-0.4, -0.2) is 41.1 Å². The van der Waals surface area contributed by atoms with Crippen molar-refractivity contribution >= 4 is 5.91 Å². The molecule has 1 heterocycles. The standard InChI is InChI=1S/C13H17F6N3O2/c1-7(2)22-10(13(17,18)19)9(4-20-22)11(23)21-8(3)5-24-6-12(14,15)16/h4,7-8H,5-6H2,1-3H3,(H,21,23). The van der Waals surface area contributed by atoms with Crippen molar-refractivity contribution in [2.24, 2.45) is 0 Å². The highest BCUT2D eigenvalue weighted by atomic mass is 19.4. The van der Waals surface area contributed by atoms with Gasteiger partial charge in [-0.05, 0) is 20.8 Å². The summed E-state index contributed by atoms with van der Waals surface area (Å²) in [5.74, 6) is -1.09. The minimum atomic E-state index is -4.80. The Bertz CT molecular complexity index is 565. The molecule has 5 nitrogen and oxygen atoms in total. The molecule has 0 spiro atoms. The van der Waals surface area contributed by atoms with Crippen molar-refractivity contribution in [2.45, 2.75) is 45.2 Å². The summed E-state index contributed by atoms with van der Waals surface area (Å²) in [5, 5.41) is 5.72. The third-order valence-corrected chi connectivity index (χ3v) is 2.81. The number of ether oxygens (including phenoxy) is 1. The lowest BCUT2D eigenvalue weighted by atomic mass is 10.2. The second-order valence-electron chi connectivity index (χ2n) is 5.45. The van der Waals surface area contributed by atoms with Gasteiger partial charge in [-0.15, -0.1) is 0 Å². The van der Waals surface area contributed by atoms with Gasteiger partial charge in [0.15, 0.2) is 5.69 Å². The first-order valence-corrected chi connectivity index (χ1v) is 6.93. The third-order valence-electron chi connectivity index (χ3n) is 2.81. The molecule has 1 atom stereocenters. The van der Waals surface area contributed by atoms with Crippen LogP contribution in [0.1, 0.15) is 42.9 Å². The van der Waals surface area contributed by atoms with Crippen molar-refractivity contribution in [3.05, 3.63) is 17.5 Å². The Kier molecular flexibility index (Phi) is 6.26. The van der Waals surface area contributed by atoms with Gasteiger partial charge in [0.2, 0.25) is 0 Å². The van der Waals surface area contributed by atoms with E-state index in [1.165, 1.54) is 20.8 Å². The van der Waals surface area contributed by atoms with E-state index in [0.29, 0.717) is 4.68 Å². The van der Waals surface area contributed by atoms with E-state index in [9.17, 15) is 31.1 Å². The number of carbonyl (C=O) groups excluding carboxylic acids is 1. The molecule has 1 N–H and O–H groups in total. The van der Waals surface area contributed by atoms with Gasteiger partial charge in [0.25, 0.3) is 5.91 Å². The maximum Gasteiger partial charge on any atom is 0.433 e. The molecule has 1 unspecified atom stereocenters. The van der Waals surface area contributed by atoms with E-state index in [2.05, 4.69) is 15.2 Å². The predicted molar refractivity (Wildman–Crippen MR) is 71.4 cm³/mol. The van der Waals surface area contributed by atoms with Crippen molar-refractivity contribution in [3.63, 3.8) is 0 Å². The van der Waals surface area contributed by atoms with E-state index in [-0.39, 0.29) is 0 Å². The topological polar surface area (TPSA) is 56.1 Å². The second kappa shape index (κ2) is 7.41. The molecule has 0 aromatic carbocycles. The summed E-state index contributed by atoms with van der Waals surface area (Å²) in [6.07, 6.45) is -8.55. The van der Waals surface area contributed by atoms with Gasteiger partial charge >= 0.3 is 12.4 Å². The van der Waals surface area contributed by atoms with Crippen molar-refractivity contribution in [1.82, 2.24) is 15.1 Å². The van der Waals surface area contributed by atoms with Gasteiger partial charge in [-0.25, -0.2) is 0 Å². The minimum absolute atomic E-state index is 0.495. The van der Waals surface area contributed by atoms with Crippen LogP contribution in [0, 0.1) is 0 Å². The first kappa shape index (κ1) is 20.3. The van der Waals surface area contributed by atoms with Gasteiger partial charge in [0, 0.05) is 12.1 Å². The summed E-state index contributed by atoms with van der Waals surface area (Å²) >= 11 is 0. The molecule has 24 heavy (non-hydrogen) atoms. The number of nitrogens with one attached hydrogen (secondary N) is 1. The molecule has 138 valence electrons. The van der Waals surface area contributed by atoms with Gasteiger partial charge in [-0.3, -0.25) is 9.48 Å². The van der Waals surface area contributed by atoms with E-state index in [4.69, 9.17) is 0 Å². The Morgan fingerprint density at radius 1 is 1.25 bits per heavy atom. The molecule has 0 saturated carbocycles. The van der Waals surface area contributed by atoms with Crippen molar-refractivity contribution in [2.75, 3.05) is 13.2 Å². The quantitative estimate of drug-likeness (QED) is 0.792. The van der Waals surface area contributed by atoms with Crippen LogP contribution in [0.15, 0.2) is 6.20 Å². The largest absolute Gasteiger partial charge is 0.433 e. The van der Waals surface area contributed by atoms with Crippen molar-refractivity contribution < 1.29 is 35.9 Å². The van der Waals surface area contributed by atoms with E-state index < -0.39 is 54.8 Å². The Balaban J connectivity index is 2.81. The summed E-state index contributed by atoms with van der Waals surface area (Å²) < 4.78 is 80.3. The maximum absolute atomic E-state index is 13.1. The SMILES string of the molecule is CC(COCC(F)(F)F)NC(=O)c1cnn(C(C)C)c1C(F)(F)F. The van der Waals surface area contributed by atoms with Gasteiger partial charge < -0.3 is 10.1 Å². The molecule has 1 amide bonds. The number of hydrogen-bond donors (Lipinski definition) is 1. The molecule has 0 fully saturated rings. The molecule has 0 aliphatic carbocycles. The first-order chi connectivity index (χ1) is 10.8. The zero-order valence-electron chi connectivity index (χ0n) is 13.1. The molecule has 1 aromatic rings. The Morgan fingerprint density at radius 3 is 2.29 bits per heavy atom. The molecule has 11 heteroatoms. The number of carbonyl (C=O) groups is 1. The van der Waals surface area contributed by atoms with Crippen LogP contribution in [0.25, 0.3) is 0 Å². The van der Waals surface area contributed by atoms with Gasteiger partial charge in [-0.1, -0.05) is 0 Å². The summed E-state index contributed by atoms with van der Waals surface area (Å²) in [7, 11) is 0. The van der Waals surface area contributed by atoms with Gasteiger partial charge in [0.05, 0.1) is 18.4 Å². The van der Waals surface area contributed by atoms with Crippen LogP contribution in [0.3, 0.4) is 0 Å². The molecule has 0 bridgehead atoms. The van der Waals surface area contributed by atoms with Crippen LogP contribution in [-0.2, 0) is 10.9 Å². The highest BCUT2D eigenvalue weighted by Crippen LogP contribution is 2.33. The van der Waals surface area contributed by atoms with E-state index in [0.717, 1.165) is 6.20 Å². The van der Waals surface area contributed by atoms with Crippen LogP contribution in [0.2, 0.25) is 0 Å². The summed E-state index contributed by atoms with van der Waals surface area (Å²) in [6, 6.07) is -1.54. The lowest BCUT2D eigenvalue weighted by molar-refractivity contribution is -0.174. The van der Waals surface area contributed by atoms with Crippen molar-refractivity contribution in [1.29, 1.82) is 0 Å². The van der Waals surface area contributed by atoms with Gasteiger partial charge in [-0.2, -0.15) is 31.4 Å². The van der Waals surface area contributed by atoms with E-state index >= 15 is 0 Å². The summed E-state index contributed by atoms with van der Waals surface area (Å²) in [4.78, 5) is 12.0. The van der Waals surface area contributed by atoms with Crippen LogP contribution < -0.4 is 5.32 Å². The molecule has 0 aliphatic heterocycles. The maximum atomic E-state index is 13.1. The second-order valence-corrected chi connectivity index (χ2v) is 5.45. The molecular formula is C13H17F6N3O2. The minimum Gasteiger partial charge on any atom is -0.370 e. The summed E-state index contributed by atoms with van der Waals surface area (Å²) in [6.45, 7) is 2.25. The molecule has 0 aliphatic rings. The smallest absolute Gasteiger partial charge is 0.370 e. The zero-order valence-corrected chi connectivity index (χ0v) is 13.1. The normalized spacial score (nSPS) is 14.1. The average molecular weight is 361 g/mol. The number of amides is 1. The van der Waals surface area contributed by atoms with Gasteiger partial charge in [0.1, 0.15) is 6.61 Å². The van der Waals surface area contributed by atoms with E-state index in [1.54, 1.807) is 0 Å². The average Bonchev–Trinajstić information content (AvgIpc) is 2.81.